The number of hydrazine groups is 1. The zero-order valence-electron chi connectivity index (χ0n) is 20.6. The number of ether oxygens (including phenoxy) is 1. The minimum atomic E-state index is -3.97. The van der Waals surface area contributed by atoms with Gasteiger partial charge in [-0.15, -0.1) is 0 Å². The Morgan fingerprint density at radius 3 is 1.80 bits per heavy atom. The second-order valence-corrected chi connectivity index (χ2v) is 12.8. The average molecular weight is 449 g/mol. The summed E-state index contributed by atoms with van der Waals surface area (Å²) >= 11 is 0. The number of hydrogen-bond acceptors (Lipinski definition) is 6. The van der Waals surface area contributed by atoms with E-state index in [-0.39, 0.29) is 30.6 Å². The van der Waals surface area contributed by atoms with Gasteiger partial charge in [-0.25, -0.2) is 13.8 Å². The van der Waals surface area contributed by atoms with Crippen LogP contribution in [0.15, 0.2) is 0 Å². The van der Waals surface area contributed by atoms with Gasteiger partial charge in [0.15, 0.2) is 14.6 Å². The molecule has 0 aliphatic heterocycles. The predicted molar refractivity (Wildman–Crippen MR) is 121 cm³/mol. The molecule has 178 valence electrons. The highest BCUT2D eigenvalue weighted by Gasteiger charge is 2.57. The first kappa shape index (κ1) is 28.9. The highest BCUT2D eigenvalue weighted by Crippen LogP contribution is 2.39. The van der Waals surface area contributed by atoms with Crippen LogP contribution in [0.5, 0.6) is 0 Å². The Kier molecular flexibility index (Phi) is 11.0. The smallest absolute Gasteiger partial charge is 0.311 e. The second kappa shape index (κ2) is 11.5. The molecule has 0 aliphatic carbocycles. The van der Waals surface area contributed by atoms with Crippen molar-refractivity contribution in [3.63, 3.8) is 0 Å². The van der Waals surface area contributed by atoms with Crippen molar-refractivity contribution in [3.8, 4) is 0 Å². The maximum absolute atomic E-state index is 13.4. The molecular formula is C22H44N2O5S. The largest absolute Gasteiger partial charge is 0.460 e. The third-order valence-electron chi connectivity index (χ3n) is 4.76. The standard InChI is InChI=1S/C22H44N2O5S/c1-15(2)11-12-18(19(25)29-21(7,8)9)22(13-16(3)4,30(10,27)28)20(26)24-23-14-17(5)6/h15-18,23H,11-14H2,1-10H3,(H,24,26)/t18-,22+/m0/s1. The van der Waals surface area contributed by atoms with Crippen molar-refractivity contribution in [2.75, 3.05) is 12.8 Å². The number of esters is 1. The number of carbonyl (C=O) groups is 2. The summed E-state index contributed by atoms with van der Waals surface area (Å²) in [6, 6.07) is 0. The van der Waals surface area contributed by atoms with Crippen LogP contribution in [0.3, 0.4) is 0 Å². The van der Waals surface area contributed by atoms with Crippen LogP contribution in [0.25, 0.3) is 0 Å². The highest BCUT2D eigenvalue weighted by atomic mass is 32.2. The van der Waals surface area contributed by atoms with E-state index in [9.17, 15) is 18.0 Å². The molecule has 0 fully saturated rings. The third kappa shape index (κ3) is 8.92. The van der Waals surface area contributed by atoms with E-state index < -0.39 is 38.0 Å². The Labute approximate surface area is 184 Å². The second-order valence-electron chi connectivity index (χ2n) is 10.5. The summed E-state index contributed by atoms with van der Waals surface area (Å²) in [5.74, 6) is -2.07. The summed E-state index contributed by atoms with van der Waals surface area (Å²) in [6.45, 7) is 17.3. The first-order chi connectivity index (χ1) is 13.4. The van der Waals surface area contributed by atoms with Crippen molar-refractivity contribution in [3.05, 3.63) is 0 Å². The zero-order chi connectivity index (χ0) is 23.9. The molecule has 0 saturated heterocycles. The van der Waals surface area contributed by atoms with Crippen LogP contribution in [0.4, 0.5) is 0 Å². The van der Waals surface area contributed by atoms with E-state index in [1.165, 1.54) is 0 Å². The Hall–Kier alpha value is -1.15. The van der Waals surface area contributed by atoms with Crippen LogP contribution in [-0.4, -0.2) is 43.4 Å². The van der Waals surface area contributed by atoms with Crippen molar-refractivity contribution in [2.45, 2.75) is 91.9 Å². The van der Waals surface area contributed by atoms with Gasteiger partial charge in [-0.05, 0) is 51.4 Å². The monoisotopic (exact) mass is 448 g/mol. The fourth-order valence-corrected chi connectivity index (χ4v) is 5.19. The maximum Gasteiger partial charge on any atom is 0.311 e. The lowest BCUT2D eigenvalue weighted by molar-refractivity contribution is -0.163. The SMILES string of the molecule is CC(C)CC[C@@H](C(=O)OC(C)(C)C)[C@](CC(C)C)(C(=O)NNCC(C)C)S(C)(=O)=O. The van der Waals surface area contributed by atoms with E-state index in [1.807, 2.05) is 41.5 Å². The molecule has 0 saturated carbocycles. The zero-order valence-corrected chi connectivity index (χ0v) is 21.4. The van der Waals surface area contributed by atoms with Gasteiger partial charge < -0.3 is 4.74 Å². The summed E-state index contributed by atoms with van der Waals surface area (Å²) in [6.07, 6.45) is 1.93. The normalized spacial score (nSPS) is 15.9. The van der Waals surface area contributed by atoms with Gasteiger partial charge in [0.25, 0.3) is 5.91 Å². The molecule has 0 aromatic rings. The molecule has 2 N–H and O–H groups in total. The quantitative estimate of drug-likeness (QED) is 0.350. The van der Waals surface area contributed by atoms with Crippen molar-refractivity contribution < 1.29 is 22.7 Å². The number of hydrogen-bond donors (Lipinski definition) is 2. The molecule has 0 spiro atoms. The number of nitrogens with one attached hydrogen (secondary N) is 2. The predicted octanol–water partition coefficient (Wildman–Crippen LogP) is 3.49. The molecule has 0 aromatic heterocycles. The minimum Gasteiger partial charge on any atom is -0.460 e. The lowest BCUT2D eigenvalue weighted by Crippen LogP contribution is -2.62. The number of carbonyl (C=O) groups excluding carboxylic acids is 2. The molecule has 0 unspecified atom stereocenters. The van der Waals surface area contributed by atoms with Gasteiger partial charge >= 0.3 is 5.97 Å². The Balaban J connectivity index is 6.47. The minimum absolute atomic E-state index is 0.0308. The number of amides is 1. The lowest BCUT2D eigenvalue weighted by atomic mass is 9.79. The van der Waals surface area contributed by atoms with Gasteiger partial charge in [-0.2, -0.15) is 0 Å². The van der Waals surface area contributed by atoms with Crippen molar-refractivity contribution in [1.82, 2.24) is 10.9 Å². The molecule has 7 nitrogen and oxygen atoms in total. The molecule has 0 radical (unpaired) electrons. The summed E-state index contributed by atoms with van der Waals surface area (Å²) in [5, 5.41) is 0. The summed E-state index contributed by atoms with van der Waals surface area (Å²) in [4.78, 5) is 26.7. The number of rotatable bonds is 12. The van der Waals surface area contributed by atoms with Crippen LogP contribution in [0.2, 0.25) is 0 Å². The van der Waals surface area contributed by atoms with Crippen LogP contribution >= 0.6 is 0 Å². The van der Waals surface area contributed by atoms with Crippen LogP contribution in [0.1, 0.15) is 81.6 Å². The Bertz CT molecular complexity index is 666. The van der Waals surface area contributed by atoms with E-state index in [1.54, 1.807) is 20.8 Å². The molecule has 30 heavy (non-hydrogen) atoms. The van der Waals surface area contributed by atoms with Gasteiger partial charge in [-0.3, -0.25) is 15.0 Å². The topological polar surface area (TPSA) is 102 Å². The number of sulfone groups is 1. The van der Waals surface area contributed by atoms with Gasteiger partial charge in [0, 0.05) is 12.8 Å². The fraction of sp³-hybridized carbons (Fsp3) is 0.909. The fourth-order valence-electron chi connectivity index (χ4n) is 3.43. The van der Waals surface area contributed by atoms with Crippen LogP contribution in [-0.2, 0) is 24.2 Å². The lowest BCUT2D eigenvalue weighted by Gasteiger charge is -2.39. The molecular weight excluding hydrogens is 404 g/mol. The highest BCUT2D eigenvalue weighted by molar-refractivity contribution is 7.93. The summed E-state index contributed by atoms with van der Waals surface area (Å²) < 4.78 is 30.1. The van der Waals surface area contributed by atoms with E-state index >= 15 is 0 Å². The molecule has 0 aliphatic rings. The molecule has 8 heteroatoms. The first-order valence-corrected chi connectivity index (χ1v) is 12.8. The first-order valence-electron chi connectivity index (χ1n) is 10.9. The van der Waals surface area contributed by atoms with Gasteiger partial charge in [0.05, 0.1) is 5.92 Å². The molecule has 0 bridgehead atoms. The summed E-state index contributed by atoms with van der Waals surface area (Å²) in [5.41, 5.74) is 4.61. The average Bonchev–Trinajstić information content (AvgIpc) is 2.49. The summed E-state index contributed by atoms with van der Waals surface area (Å²) in [7, 11) is -3.97. The maximum atomic E-state index is 13.4. The Morgan fingerprint density at radius 2 is 1.43 bits per heavy atom. The van der Waals surface area contributed by atoms with Gasteiger partial charge in [-0.1, -0.05) is 48.0 Å². The van der Waals surface area contributed by atoms with E-state index in [4.69, 9.17) is 4.74 Å². The molecule has 0 heterocycles. The van der Waals surface area contributed by atoms with E-state index in [2.05, 4.69) is 10.9 Å². The molecule has 1 amide bonds. The van der Waals surface area contributed by atoms with Crippen molar-refractivity contribution in [1.29, 1.82) is 0 Å². The van der Waals surface area contributed by atoms with Crippen LogP contribution < -0.4 is 10.9 Å². The van der Waals surface area contributed by atoms with Crippen molar-refractivity contribution in [2.24, 2.45) is 23.7 Å². The van der Waals surface area contributed by atoms with E-state index in [0.717, 1.165) is 6.26 Å². The molecule has 0 aromatic carbocycles. The van der Waals surface area contributed by atoms with Crippen LogP contribution in [0, 0.1) is 23.7 Å². The Morgan fingerprint density at radius 1 is 0.900 bits per heavy atom. The van der Waals surface area contributed by atoms with Gasteiger partial charge in [0.1, 0.15) is 5.60 Å². The van der Waals surface area contributed by atoms with E-state index in [0.29, 0.717) is 13.0 Å². The third-order valence-corrected chi connectivity index (χ3v) is 6.72. The molecule has 2 atom stereocenters. The van der Waals surface area contributed by atoms with Gasteiger partial charge in [0.2, 0.25) is 0 Å². The molecule has 0 rings (SSSR count). The van der Waals surface area contributed by atoms with Crippen molar-refractivity contribution >= 4 is 21.7 Å².